The number of hydrogen-bond donors (Lipinski definition) is 1. The normalized spacial score (nSPS) is 12.4. The monoisotopic (exact) mass is 440 g/mol. The van der Waals surface area contributed by atoms with Gasteiger partial charge >= 0.3 is 6.18 Å². The Bertz CT molecular complexity index is 1080. The molecule has 0 saturated heterocycles. The number of hydrogen-bond acceptors (Lipinski definition) is 5. The van der Waals surface area contributed by atoms with Crippen LogP contribution in [0.15, 0.2) is 0 Å². The van der Waals surface area contributed by atoms with E-state index in [9.17, 15) is 22.0 Å². The highest BCUT2D eigenvalue weighted by molar-refractivity contribution is 6.33. The summed E-state index contributed by atoms with van der Waals surface area (Å²) in [5.74, 6) is -1.79. The molecule has 0 amide bonds. The largest absolute Gasteiger partial charge is 0.434 e. The highest BCUT2D eigenvalue weighted by Crippen LogP contribution is 2.39. The van der Waals surface area contributed by atoms with Crippen LogP contribution in [-0.4, -0.2) is 24.7 Å². The average Bonchev–Trinajstić information content (AvgIpc) is 2.92. The second-order valence-corrected chi connectivity index (χ2v) is 6.44. The van der Waals surface area contributed by atoms with Crippen LogP contribution in [0.25, 0.3) is 16.7 Å². The average molecular weight is 441 g/mol. The minimum Gasteiger partial charge on any atom is -0.383 e. The first-order valence-corrected chi connectivity index (χ1v) is 8.49. The summed E-state index contributed by atoms with van der Waals surface area (Å²) in [5.41, 5.74) is 4.65. The number of nitrogen functional groups attached to an aromatic ring is 1. The smallest absolute Gasteiger partial charge is 0.383 e. The molecule has 2 N–H and O–H groups in total. The SMILES string of the molecule is CCc1c(Cl)nc(Cl)c(C)c1-n1nc2nc(C(F)F)nc(C(F)(F)F)c2c1N. The van der Waals surface area contributed by atoms with E-state index in [1.807, 2.05) is 0 Å². The van der Waals surface area contributed by atoms with Crippen molar-refractivity contribution in [2.24, 2.45) is 0 Å². The topological polar surface area (TPSA) is 82.5 Å². The molecule has 13 heteroatoms. The van der Waals surface area contributed by atoms with Crippen molar-refractivity contribution in [2.45, 2.75) is 32.9 Å². The highest BCUT2D eigenvalue weighted by atomic mass is 35.5. The van der Waals surface area contributed by atoms with Crippen molar-refractivity contribution < 1.29 is 22.0 Å². The van der Waals surface area contributed by atoms with Gasteiger partial charge in [0.05, 0.1) is 11.1 Å². The van der Waals surface area contributed by atoms with Crippen LogP contribution in [0.2, 0.25) is 10.3 Å². The van der Waals surface area contributed by atoms with Gasteiger partial charge in [0.2, 0.25) is 0 Å². The predicted octanol–water partition coefficient (Wildman–Crippen LogP) is 4.93. The maximum absolute atomic E-state index is 13.4. The van der Waals surface area contributed by atoms with Gasteiger partial charge in [-0.3, -0.25) is 0 Å². The van der Waals surface area contributed by atoms with E-state index in [0.717, 1.165) is 4.68 Å². The molecule has 150 valence electrons. The number of alkyl halides is 5. The molecule has 3 aromatic rings. The van der Waals surface area contributed by atoms with Crippen molar-refractivity contribution >= 4 is 40.1 Å². The Morgan fingerprint density at radius 3 is 2.29 bits per heavy atom. The molecule has 3 aromatic heterocycles. The van der Waals surface area contributed by atoms with Crippen LogP contribution in [0.5, 0.6) is 0 Å². The first kappa shape index (κ1) is 20.5. The van der Waals surface area contributed by atoms with Gasteiger partial charge in [0, 0.05) is 11.1 Å². The Hall–Kier alpha value is -2.27. The second kappa shape index (κ2) is 6.96. The highest BCUT2D eigenvalue weighted by Gasteiger charge is 2.39. The van der Waals surface area contributed by atoms with Gasteiger partial charge in [-0.05, 0) is 13.3 Å². The Labute approximate surface area is 164 Å². The van der Waals surface area contributed by atoms with Gasteiger partial charge < -0.3 is 5.73 Å². The van der Waals surface area contributed by atoms with Gasteiger partial charge in [-0.15, -0.1) is 5.10 Å². The third kappa shape index (κ3) is 3.22. The van der Waals surface area contributed by atoms with Gasteiger partial charge in [-0.1, -0.05) is 30.1 Å². The molecule has 0 aliphatic carbocycles. The second-order valence-electron chi connectivity index (χ2n) is 5.72. The molecule has 0 aromatic carbocycles. The standard InChI is InChI=1S/C15H11Cl2F5N6/c1-3-5-7(4(2)9(16)25-10(5)17)28-12(23)6-8(15(20,21)22)24-14(11(18)19)26-13(6)27-28/h11H,3,23H2,1-2H3. The number of anilines is 1. The minimum absolute atomic E-state index is 0.00782. The maximum Gasteiger partial charge on any atom is 0.434 e. The summed E-state index contributed by atoms with van der Waals surface area (Å²) in [6.07, 6.45) is -8.05. The fraction of sp³-hybridized carbons (Fsp3) is 0.333. The summed E-state index contributed by atoms with van der Waals surface area (Å²) in [6, 6.07) is 0. The number of aromatic nitrogens is 5. The predicted molar refractivity (Wildman–Crippen MR) is 93.0 cm³/mol. The Morgan fingerprint density at radius 2 is 1.75 bits per heavy atom. The molecule has 0 aliphatic heterocycles. The van der Waals surface area contributed by atoms with Crippen LogP contribution in [0.1, 0.15) is 36.0 Å². The van der Waals surface area contributed by atoms with Crippen molar-refractivity contribution in [1.82, 2.24) is 24.7 Å². The summed E-state index contributed by atoms with van der Waals surface area (Å²) >= 11 is 12.1. The molecule has 3 heterocycles. The number of fused-ring (bicyclic) bond motifs is 1. The van der Waals surface area contributed by atoms with Crippen LogP contribution in [0, 0.1) is 6.92 Å². The van der Waals surface area contributed by atoms with Crippen molar-refractivity contribution in [1.29, 1.82) is 0 Å². The summed E-state index contributed by atoms with van der Waals surface area (Å²) in [6.45, 7) is 3.28. The zero-order chi connectivity index (χ0) is 21.0. The Morgan fingerprint density at radius 1 is 1.11 bits per heavy atom. The summed E-state index contributed by atoms with van der Waals surface area (Å²) in [5, 5.41) is 3.23. The lowest BCUT2D eigenvalue weighted by Gasteiger charge is -2.15. The van der Waals surface area contributed by atoms with Crippen molar-refractivity contribution in [3.05, 3.63) is 33.0 Å². The number of rotatable bonds is 3. The van der Waals surface area contributed by atoms with E-state index in [-0.39, 0.29) is 16.0 Å². The molecule has 0 radical (unpaired) electrons. The molecule has 28 heavy (non-hydrogen) atoms. The zero-order valence-electron chi connectivity index (χ0n) is 14.2. The molecule has 0 unspecified atom stereocenters. The first-order chi connectivity index (χ1) is 13.0. The van der Waals surface area contributed by atoms with Crippen LogP contribution in [0.3, 0.4) is 0 Å². The number of nitrogens with zero attached hydrogens (tertiary/aromatic N) is 5. The van der Waals surface area contributed by atoms with E-state index in [1.54, 1.807) is 13.8 Å². The fourth-order valence-electron chi connectivity index (χ4n) is 2.76. The van der Waals surface area contributed by atoms with Crippen LogP contribution in [0.4, 0.5) is 27.8 Å². The van der Waals surface area contributed by atoms with E-state index in [4.69, 9.17) is 28.9 Å². The molecule has 0 bridgehead atoms. The number of pyridine rings is 1. The van der Waals surface area contributed by atoms with Crippen molar-refractivity contribution in [3.8, 4) is 5.69 Å². The van der Waals surface area contributed by atoms with Gasteiger partial charge in [0.15, 0.2) is 17.2 Å². The van der Waals surface area contributed by atoms with Gasteiger partial charge in [0.1, 0.15) is 16.1 Å². The van der Waals surface area contributed by atoms with Crippen LogP contribution >= 0.6 is 23.2 Å². The molecular formula is C15H11Cl2F5N6. The summed E-state index contributed by atoms with van der Waals surface area (Å²) in [7, 11) is 0. The molecule has 6 nitrogen and oxygen atoms in total. The molecule has 3 rings (SSSR count). The Kier molecular flexibility index (Phi) is 5.09. The molecule has 0 aliphatic rings. The zero-order valence-corrected chi connectivity index (χ0v) is 15.8. The lowest BCUT2D eigenvalue weighted by Crippen LogP contribution is -2.13. The van der Waals surface area contributed by atoms with E-state index < -0.39 is 41.0 Å². The molecule has 0 fully saturated rings. The van der Waals surface area contributed by atoms with Crippen LogP contribution < -0.4 is 5.73 Å². The molecule has 0 atom stereocenters. The molecule has 0 spiro atoms. The number of nitrogens with two attached hydrogens (primary N) is 1. The third-order valence-electron chi connectivity index (χ3n) is 4.01. The summed E-state index contributed by atoms with van der Waals surface area (Å²) < 4.78 is 67.2. The minimum atomic E-state index is -5.05. The van der Waals surface area contributed by atoms with Crippen molar-refractivity contribution in [2.75, 3.05) is 5.73 Å². The first-order valence-electron chi connectivity index (χ1n) is 7.73. The fourth-order valence-corrected chi connectivity index (χ4v) is 3.29. The number of halogens is 7. The van der Waals surface area contributed by atoms with Gasteiger partial charge in [0.25, 0.3) is 6.43 Å². The summed E-state index contributed by atoms with van der Waals surface area (Å²) in [4.78, 5) is 10.3. The third-order valence-corrected chi connectivity index (χ3v) is 4.69. The van der Waals surface area contributed by atoms with E-state index in [0.29, 0.717) is 17.5 Å². The lowest BCUT2D eigenvalue weighted by molar-refractivity contribution is -0.140. The van der Waals surface area contributed by atoms with E-state index >= 15 is 0 Å². The molecular weight excluding hydrogens is 430 g/mol. The van der Waals surface area contributed by atoms with Crippen molar-refractivity contribution in [3.63, 3.8) is 0 Å². The van der Waals surface area contributed by atoms with E-state index in [1.165, 1.54) is 0 Å². The molecule has 0 saturated carbocycles. The lowest BCUT2D eigenvalue weighted by atomic mass is 10.1. The maximum atomic E-state index is 13.4. The quantitative estimate of drug-likeness (QED) is 0.461. The van der Waals surface area contributed by atoms with E-state index in [2.05, 4.69) is 20.1 Å². The van der Waals surface area contributed by atoms with Gasteiger partial charge in [-0.2, -0.15) is 13.2 Å². The van der Waals surface area contributed by atoms with Crippen LogP contribution in [-0.2, 0) is 12.6 Å². The Balaban J connectivity index is 2.45. The van der Waals surface area contributed by atoms with Gasteiger partial charge in [-0.25, -0.2) is 28.4 Å².